The largest absolute Gasteiger partial charge is 0.417 e. The molecule has 0 bridgehead atoms. The van der Waals surface area contributed by atoms with E-state index in [-0.39, 0.29) is 0 Å². The maximum atomic E-state index is 6.29. The zero-order valence-corrected chi connectivity index (χ0v) is 15.4. The van der Waals surface area contributed by atoms with Crippen molar-refractivity contribution in [1.82, 2.24) is 0 Å². The Morgan fingerprint density at radius 1 is 1.20 bits per heavy atom. The van der Waals surface area contributed by atoms with Crippen molar-refractivity contribution >= 4 is 8.32 Å². The molecule has 118 valence electrons. The molecular weight excluding hydrogens is 264 g/mol. The van der Waals surface area contributed by atoms with Gasteiger partial charge in [0.25, 0.3) is 0 Å². The summed E-state index contributed by atoms with van der Waals surface area (Å²) in [5, 5.41) is 0.304. The van der Waals surface area contributed by atoms with Crippen LogP contribution in [0.15, 0.2) is 12.2 Å². The summed E-state index contributed by atoms with van der Waals surface area (Å²) < 4.78 is 12.3. The monoisotopic (exact) mass is 298 g/mol. The highest BCUT2D eigenvalue weighted by Crippen LogP contribution is 2.37. The molecule has 0 aliphatic heterocycles. The molecule has 0 heterocycles. The Morgan fingerprint density at radius 3 is 2.50 bits per heavy atom. The summed E-state index contributed by atoms with van der Waals surface area (Å²) in [7, 11) is -1.59. The molecule has 0 N–H and O–H groups in total. The first-order valence-electron chi connectivity index (χ1n) is 8.20. The fourth-order valence-corrected chi connectivity index (χ4v) is 3.26. The van der Waals surface area contributed by atoms with E-state index < -0.39 is 8.32 Å². The molecule has 1 aliphatic carbocycles. The minimum absolute atomic E-state index is 0.304. The summed E-state index contributed by atoms with van der Waals surface area (Å²) in [6.45, 7) is 15.5. The Bertz CT molecular complexity index is 305. The lowest BCUT2D eigenvalue weighted by Gasteiger charge is -2.36. The van der Waals surface area contributed by atoms with Crippen molar-refractivity contribution in [1.29, 1.82) is 0 Å². The molecule has 0 amide bonds. The summed E-state index contributed by atoms with van der Waals surface area (Å²) in [4.78, 5) is 0. The van der Waals surface area contributed by atoms with E-state index in [1.54, 1.807) is 0 Å². The summed E-state index contributed by atoms with van der Waals surface area (Å²) in [5.41, 5.74) is 0. The van der Waals surface area contributed by atoms with Crippen LogP contribution in [0, 0.1) is 5.92 Å². The Hall–Kier alpha value is -0.123. The highest BCUT2D eigenvalue weighted by molar-refractivity contribution is 6.74. The van der Waals surface area contributed by atoms with E-state index in [2.05, 4.69) is 52.9 Å². The first kappa shape index (κ1) is 17.9. The molecule has 2 atom stereocenters. The average Bonchev–Trinajstić information content (AvgIpc) is 2.75. The molecule has 1 aliphatic rings. The van der Waals surface area contributed by atoms with Crippen LogP contribution in [0.2, 0.25) is 18.1 Å². The van der Waals surface area contributed by atoms with Crippen LogP contribution in [0.1, 0.15) is 53.4 Å². The number of ether oxygens (including phenoxy) is 1. The van der Waals surface area contributed by atoms with E-state index in [4.69, 9.17) is 9.16 Å². The van der Waals surface area contributed by atoms with Gasteiger partial charge in [-0.05, 0) is 43.3 Å². The van der Waals surface area contributed by atoms with Crippen molar-refractivity contribution in [2.75, 3.05) is 13.2 Å². The molecule has 0 aromatic heterocycles. The first-order chi connectivity index (χ1) is 9.28. The zero-order chi connectivity index (χ0) is 15.2. The van der Waals surface area contributed by atoms with E-state index in [0.29, 0.717) is 17.1 Å². The summed E-state index contributed by atoms with van der Waals surface area (Å²) >= 11 is 0. The van der Waals surface area contributed by atoms with Crippen molar-refractivity contribution in [2.24, 2.45) is 5.92 Å². The Labute approximate surface area is 127 Å². The van der Waals surface area contributed by atoms with Crippen LogP contribution in [-0.4, -0.2) is 27.6 Å². The van der Waals surface area contributed by atoms with Crippen LogP contribution < -0.4 is 0 Å². The number of hydrogen-bond donors (Lipinski definition) is 0. The molecular formula is C17H34O2Si. The van der Waals surface area contributed by atoms with Gasteiger partial charge in [0.05, 0.1) is 6.10 Å². The van der Waals surface area contributed by atoms with Crippen molar-refractivity contribution in [3.63, 3.8) is 0 Å². The predicted molar refractivity (Wildman–Crippen MR) is 89.7 cm³/mol. The number of allylic oxidation sites excluding steroid dienone is 1. The molecule has 0 aromatic carbocycles. The maximum absolute atomic E-state index is 6.29. The van der Waals surface area contributed by atoms with Gasteiger partial charge in [-0.15, -0.1) is 0 Å². The summed E-state index contributed by atoms with van der Waals surface area (Å²) in [5.74, 6) is 0.622. The van der Waals surface area contributed by atoms with Gasteiger partial charge in [0.1, 0.15) is 0 Å². The lowest BCUT2D eigenvalue weighted by molar-refractivity contribution is 0.0427. The van der Waals surface area contributed by atoms with Crippen molar-refractivity contribution < 1.29 is 9.16 Å². The van der Waals surface area contributed by atoms with Gasteiger partial charge in [0, 0.05) is 13.2 Å². The van der Waals surface area contributed by atoms with Gasteiger partial charge in [-0.2, -0.15) is 0 Å². The standard InChI is InChI=1S/C17H34O2Si/c1-7-8-13-18-16-11-9-10-15(16)12-14-19-20(5,6)17(2,3)4/h9,11,15-16H,7-8,10,12-14H2,1-6H3/t15-,16-/m0/s1. The van der Waals surface area contributed by atoms with Crippen LogP contribution in [-0.2, 0) is 9.16 Å². The maximum Gasteiger partial charge on any atom is 0.191 e. The molecule has 20 heavy (non-hydrogen) atoms. The highest BCUT2D eigenvalue weighted by Gasteiger charge is 2.37. The van der Waals surface area contributed by atoms with E-state index in [9.17, 15) is 0 Å². The van der Waals surface area contributed by atoms with Gasteiger partial charge in [-0.25, -0.2) is 0 Å². The van der Waals surface area contributed by atoms with Gasteiger partial charge in [-0.3, -0.25) is 0 Å². The molecule has 0 spiro atoms. The second-order valence-corrected chi connectivity index (χ2v) is 12.3. The van der Waals surface area contributed by atoms with Crippen LogP contribution in [0.3, 0.4) is 0 Å². The highest BCUT2D eigenvalue weighted by atomic mass is 28.4. The van der Waals surface area contributed by atoms with E-state index in [0.717, 1.165) is 32.5 Å². The number of unbranched alkanes of at least 4 members (excludes halogenated alkanes) is 1. The van der Waals surface area contributed by atoms with Gasteiger partial charge in [-0.1, -0.05) is 46.3 Å². The molecule has 2 nitrogen and oxygen atoms in total. The third-order valence-corrected chi connectivity index (χ3v) is 9.33. The van der Waals surface area contributed by atoms with E-state index in [1.165, 1.54) is 6.42 Å². The lowest BCUT2D eigenvalue weighted by Crippen LogP contribution is -2.41. The van der Waals surface area contributed by atoms with Gasteiger partial charge in [0.2, 0.25) is 0 Å². The minimum atomic E-state index is -1.59. The van der Waals surface area contributed by atoms with Gasteiger partial charge >= 0.3 is 0 Å². The van der Waals surface area contributed by atoms with E-state index in [1.807, 2.05) is 0 Å². The fourth-order valence-electron chi connectivity index (χ4n) is 2.20. The van der Waals surface area contributed by atoms with Crippen molar-refractivity contribution in [3.05, 3.63) is 12.2 Å². The van der Waals surface area contributed by atoms with Crippen LogP contribution in [0.4, 0.5) is 0 Å². The second kappa shape index (κ2) is 7.76. The lowest BCUT2D eigenvalue weighted by atomic mass is 10.0. The molecule has 0 aromatic rings. The van der Waals surface area contributed by atoms with Gasteiger partial charge in [0.15, 0.2) is 8.32 Å². The molecule has 0 fully saturated rings. The number of hydrogen-bond acceptors (Lipinski definition) is 2. The molecule has 0 unspecified atom stereocenters. The zero-order valence-electron chi connectivity index (χ0n) is 14.4. The summed E-state index contributed by atoms with van der Waals surface area (Å²) in [6, 6.07) is 0. The minimum Gasteiger partial charge on any atom is -0.417 e. The van der Waals surface area contributed by atoms with Gasteiger partial charge < -0.3 is 9.16 Å². The number of rotatable bonds is 8. The Kier molecular flexibility index (Phi) is 6.96. The quantitative estimate of drug-likeness (QED) is 0.350. The Morgan fingerprint density at radius 2 is 1.90 bits per heavy atom. The molecule has 3 heteroatoms. The van der Waals surface area contributed by atoms with Crippen LogP contribution >= 0.6 is 0 Å². The second-order valence-electron chi connectivity index (χ2n) is 7.51. The summed E-state index contributed by atoms with van der Waals surface area (Å²) in [6.07, 6.45) is 9.48. The van der Waals surface area contributed by atoms with Crippen LogP contribution in [0.25, 0.3) is 0 Å². The SMILES string of the molecule is CCCCO[C@H]1C=CC[C@H]1CCO[Si](C)(C)C(C)(C)C. The van der Waals surface area contributed by atoms with Crippen LogP contribution in [0.5, 0.6) is 0 Å². The average molecular weight is 299 g/mol. The van der Waals surface area contributed by atoms with Crippen molar-refractivity contribution in [3.8, 4) is 0 Å². The first-order valence-corrected chi connectivity index (χ1v) is 11.1. The third kappa shape index (κ3) is 5.34. The molecule has 0 radical (unpaired) electrons. The van der Waals surface area contributed by atoms with E-state index >= 15 is 0 Å². The molecule has 0 saturated heterocycles. The molecule has 1 rings (SSSR count). The smallest absolute Gasteiger partial charge is 0.191 e. The topological polar surface area (TPSA) is 18.5 Å². The Balaban J connectivity index is 2.31. The third-order valence-electron chi connectivity index (χ3n) is 4.80. The molecule has 0 saturated carbocycles. The van der Waals surface area contributed by atoms with Crippen molar-refractivity contribution in [2.45, 2.75) is 77.6 Å². The normalized spacial score (nSPS) is 23.5. The fraction of sp³-hybridized carbons (Fsp3) is 0.882. The predicted octanol–water partition coefficient (Wildman–Crippen LogP) is 5.16.